The van der Waals surface area contributed by atoms with E-state index in [-0.39, 0.29) is 0 Å². The number of hydrogen-bond donors (Lipinski definition) is 1. The number of aliphatic imine (C=N–C) groups is 1. The Morgan fingerprint density at radius 1 is 1.10 bits per heavy atom. The number of hydrogen-bond acceptors (Lipinski definition) is 3. The van der Waals surface area contributed by atoms with Crippen LogP contribution < -0.4 is 5.73 Å². The monoisotopic (exact) mass is 385 g/mol. The van der Waals surface area contributed by atoms with Crippen LogP contribution in [-0.4, -0.2) is 23.8 Å². The van der Waals surface area contributed by atoms with E-state index in [4.69, 9.17) is 10.7 Å². The predicted octanol–water partition coefficient (Wildman–Crippen LogP) is 6.41. The second kappa shape index (κ2) is 9.42. The average molecular weight is 386 g/mol. The van der Waals surface area contributed by atoms with Crippen LogP contribution >= 0.6 is 0 Å². The van der Waals surface area contributed by atoms with Crippen LogP contribution in [-0.2, 0) is 0 Å². The lowest BCUT2D eigenvalue weighted by Crippen LogP contribution is -2.26. The zero-order valence-electron chi connectivity index (χ0n) is 17.6. The molecule has 3 heteroatoms. The molecule has 0 bridgehead atoms. The van der Waals surface area contributed by atoms with Crippen molar-refractivity contribution in [2.45, 2.75) is 33.1 Å². The summed E-state index contributed by atoms with van der Waals surface area (Å²) in [6.07, 6.45) is 6.88. The quantitative estimate of drug-likeness (QED) is 0.570. The van der Waals surface area contributed by atoms with Crippen LogP contribution in [0.5, 0.6) is 0 Å². The van der Waals surface area contributed by atoms with Gasteiger partial charge in [-0.15, -0.1) is 0 Å². The third kappa shape index (κ3) is 4.86. The van der Waals surface area contributed by atoms with Crippen LogP contribution in [0.3, 0.4) is 0 Å². The molecule has 0 aromatic heterocycles. The maximum atomic E-state index is 6.30. The minimum absolute atomic E-state index is 0.624. The first-order valence-electron chi connectivity index (χ1n) is 10.4. The lowest BCUT2D eigenvalue weighted by molar-refractivity contribution is 0.351. The van der Waals surface area contributed by atoms with Crippen molar-refractivity contribution in [3.8, 4) is 11.1 Å². The van der Waals surface area contributed by atoms with Crippen molar-refractivity contribution in [1.29, 1.82) is 0 Å². The van der Waals surface area contributed by atoms with Gasteiger partial charge in [0, 0.05) is 30.8 Å². The maximum Gasteiger partial charge on any atom is 0.104 e. The Morgan fingerprint density at radius 2 is 1.83 bits per heavy atom. The third-order valence-corrected chi connectivity index (χ3v) is 5.19. The molecule has 2 N–H and O–H groups in total. The summed E-state index contributed by atoms with van der Waals surface area (Å²) in [6, 6.07) is 14.7. The van der Waals surface area contributed by atoms with Crippen LogP contribution in [0.1, 0.15) is 44.2 Å². The Bertz CT molecular complexity index is 960. The first kappa shape index (κ1) is 20.7. The smallest absolute Gasteiger partial charge is 0.104 e. The molecule has 2 aromatic carbocycles. The number of allylic oxidation sites excluding steroid dienone is 1. The predicted molar refractivity (Wildman–Crippen MR) is 127 cm³/mol. The average Bonchev–Trinajstić information content (AvgIpc) is 2.90. The number of rotatable bonds is 8. The molecule has 150 valence electrons. The van der Waals surface area contributed by atoms with E-state index < -0.39 is 0 Å². The van der Waals surface area contributed by atoms with Crippen molar-refractivity contribution in [2.75, 3.05) is 13.1 Å². The minimum Gasteiger partial charge on any atom is -0.387 e. The van der Waals surface area contributed by atoms with Gasteiger partial charge in [-0.05, 0) is 53.3 Å². The van der Waals surface area contributed by atoms with E-state index in [9.17, 15) is 0 Å². The van der Waals surface area contributed by atoms with Gasteiger partial charge in [0.25, 0.3) is 0 Å². The van der Waals surface area contributed by atoms with Crippen molar-refractivity contribution < 1.29 is 0 Å². The van der Waals surface area contributed by atoms with Crippen molar-refractivity contribution >= 4 is 23.7 Å². The third-order valence-electron chi connectivity index (χ3n) is 5.19. The lowest BCUT2D eigenvalue weighted by atomic mass is 9.99. The summed E-state index contributed by atoms with van der Waals surface area (Å²) in [7, 11) is 0. The number of amidine groups is 1. The molecule has 29 heavy (non-hydrogen) atoms. The van der Waals surface area contributed by atoms with Gasteiger partial charge in [0.15, 0.2) is 0 Å². The molecule has 1 aliphatic heterocycles. The molecule has 2 aromatic rings. The van der Waals surface area contributed by atoms with Gasteiger partial charge in [-0.25, -0.2) is 4.99 Å². The highest BCUT2D eigenvalue weighted by Crippen LogP contribution is 2.33. The van der Waals surface area contributed by atoms with Crippen molar-refractivity contribution in [3.05, 3.63) is 78.0 Å². The fraction of sp³-hybridized carbons (Fsp3) is 0.269. The standard InChI is InChI=1S/C26H31N3/c1-5-13-29(14-6-2)19(4)24-16-23-12-11-22(17-25(23)28-26(27)18-24)21-10-8-9-20(7-3)15-21/h7-12,15-17H,3-6,13-14,18H2,1-2H3,(H2,27,28). The number of fused-ring (bicyclic) bond motifs is 1. The van der Waals surface area contributed by atoms with Gasteiger partial charge < -0.3 is 10.6 Å². The van der Waals surface area contributed by atoms with Gasteiger partial charge in [0.1, 0.15) is 5.84 Å². The highest BCUT2D eigenvalue weighted by Gasteiger charge is 2.16. The Morgan fingerprint density at radius 3 is 2.52 bits per heavy atom. The molecule has 3 nitrogen and oxygen atoms in total. The summed E-state index contributed by atoms with van der Waals surface area (Å²) in [5.41, 5.74) is 13.9. The zero-order chi connectivity index (χ0) is 20.8. The van der Waals surface area contributed by atoms with E-state index >= 15 is 0 Å². The Balaban J connectivity index is 1.98. The van der Waals surface area contributed by atoms with Crippen LogP contribution in [0.4, 0.5) is 5.69 Å². The van der Waals surface area contributed by atoms with Gasteiger partial charge in [0.2, 0.25) is 0 Å². The highest BCUT2D eigenvalue weighted by molar-refractivity contribution is 5.92. The van der Waals surface area contributed by atoms with Crippen LogP contribution in [0.2, 0.25) is 0 Å². The van der Waals surface area contributed by atoms with Gasteiger partial charge in [-0.3, -0.25) is 0 Å². The second-order valence-corrected chi connectivity index (χ2v) is 7.49. The number of benzene rings is 2. The van der Waals surface area contributed by atoms with E-state index in [1.807, 2.05) is 12.1 Å². The van der Waals surface area contributed by atoms with Gasteiger partial charge in [0.05, 0.1) is 5.69 Å². The molecule has 1 aliphatic rings. The number of nitrogens with two attached hydrogens (primary N) is 1. The molecule has 0 fully saturated rings. The van der Waals surface area contributed by atoms with Crippen molar-refractivity contribution in [3.63, 3.8) is 0 Å². The van der Waals surface area contributed by atoms with Crippen molar-refractivity contribution in [1.82, 2.24) is 4.90 Å². The normalized spacial score (nSPS) is 13.0. The SMILES string of the molecule is C=Cc1cccc(-c2ccc3c(c2)N=C(N)CC(C(=C)N(CCC)CCC)=C3)c1. The summed E-state index contributed by atoms with van der Waals surface area (Å²) < 4.78 is 0. The van der Waals surface area contributed by atoms with Crippen LogP contribution in [0.15, 0.2) is 71.9 Å². The maximum absolute atomic E-state index is 6.30. The molecule has 0 saturated carbocycles. The molecule has 0 radical (unpaired) electrons. The fourth-order valence-electron chi connectivity index (χ4n) is 3.73. The Hall–Kier alpha value is -3.07. The number of nitrogens with zero attached hydrogens (tertiary/aromatic N) is 2. The summed E-state index contributed by atoms with van der Waals surface area (Å²) in [4.78, 5) is 7.08. The zero-order valence-corrected chi connectivity index (χ0v) is 17.6. The molecule has 0 atom stereocenters. The lowest BCUT2D eigenvalue weighted by Gasteiger charge is -2.27. The minimum atomic E-state index is 0.624. The highest BCUT2D eigenvalue weighted by atomic mass is 15.1. The summed E-state index contributed by atoms with van der Waals surface area (Å²) >= 11 is 0. The van der Waals surface area contributed by atoms with E-state index in [0.29, 0.717) is 12.3 Å². The molecule has 0 aliphatic carbocycles. The molecule has 0 unspecified atom stereocenters. The van der Waals surface area contributed by atoms with Crippen LogP contribution in [0.25, 0.3) is 23.3 Å². The van der Waals surface area contributed by atoms with E-state index in [2.05, 4.69) is 74.4 Å². The summed E-state index contributed by atoms with van der Waals surface area (Å²) in [5.74, 6) is 0.626. The van der Waals surface area contributed by atoms with Crippen LogP contribution in [0, 0.1) is 0 Å². The molecular formula is C26H31N3. The van der Waals surface area contributed by atoms with E-state index in [1.54, 1.807) is 0 Å². The summed E-state index contributed by atoms with van der Waals surface area (Å²) in [5, 5.41) is 0. The Labute approximate surface area is 175 Å². The van der Waals surface area contributed by atoms with Crippen molar-refractivity contribution in [2.24, 2.45) is 10.7 Å². The first-order valence-corrected chi connectivity index (χ1v) is 10.4. The molecule has 3 rings (SSSR count). The fourth-order valence-corrected chi connectivity index (χ4v) is 3.73. The topological polar surface area (TPSA) is 41.6 Å². The van der Waals surface area contributed by atoms with Gasteiger partial charge in [-0.2, -0.15) is 0 Å². The van der Waals surface area contributed by atoms with E-state index in [1.165, 1.54) is 0 Å². The molecule has 0 saturated heterocycles. The first-order chi connectivity index (χ1) is 14.0. The molecule has 0 spiro atoms. The largest absolute Gasteiger partial charge is 0.387 e. The Kier molecular flexibility index (Phi) is 6.71. The van der Waals surface area contributed by atoms with Gasteiger partial charge >= 0.3 is 0 Å². The second-order valence-electron chi connectivity index (χ2n) is 7.49. The van der Waals surface area contributed by atoms with Gasteiger partial charge in [-0.1, -0.05) is 63.4 Å². The van der Waals surface area contributed by atoms with E-state index in [0.717, 1.165) is 65.1 Å². The molecule has 0 amide bonds. The molecular weight excluding hydrogens is 354 g/mol. The molecule has 1 heterocycles. The summed E-state index contributed by atoms with van der Waals surface area (Å²) in [6.45, 7) is 14.7.